The van der Waals surface area contributed by atoms with E-state index in [1.807, 2.05) is 11.0 Å². The lowest BCUT2D eigenvalue weighted by Gasteiger charge is -2.45. The van der Waals surface area contributed by atoms with Gasteiger partial charge in [-0.25, -0.2) is 13.2 Å². The number of hydrogen-bond acceptors (Lipinski definition) is 8. The molecule has 0 radical (unpaired) electrons. The van der Waals surface area contributed by atoms with E-state index in [2.05, 4.69) is 15.6 Å². The largest absolute Gasteiger partial charge is 0.496 e. The summed E-state index contributed by atoms with van der Waals surface area (Å²) in [5.41, 5.74) is 2.78. The lowest BCUT2D eigenvalue weighted by atomic mass is 9.76. The molecule has 2 aromatic heterocycles. The van der Waals surface area contributed by atoms with Gasteiger partial charge in [0.15, 0.2) is 0 Å². The number of benzene rings is 2. The molecule has 10 nitrogen and oxygen atoms in total. The van der Waals surface area contributed by atoms with Crippen molar-refractivity contribution >= 4 is 45.6 Å². The van der Waals surface area contributed by atoms with Crippen molar-refractivity contribution in [2.75, 3.05) is 43.5 Å². The summed E-state index contributed by atoms with van der Waals surface area (Å²) in [5.74, 6) is -4.66. The normalized spacial score (nSPS) is 21.3. The van der Waals surface area contributed by atoms with Crippen LogP contribution in [0.3, 0.4) is 0 Å². The molecule has 0 saturated carbocycles. The molecule has 4 aromatic rings. The quantitative estimate of drug-likeness (QED) is 0.213. The highest BCUT2D eigenvalue weighted by Gasteiger charge is 2.48. The first kappa shape index (κ1) is 35.8. The third-order valence-corrected chi connectivity index (χ3v) is 11.1. The van der Waals surface area contributed by atoms with Crippen molar-refractivity contribution in [3.8, 4) is 16.9 Å². The minimum Gasteiger partial charge on any atom is -0.496 e. The highest BCUT2D eigenvalue weighted by atomic mass is 35.5. The Balaban J connectivity index is 0.985. The zero-order valence-electron chi connectivity index (χ0n) is 28.9. The molecule has 3 fully saturated rings. The molecule has 0 spiro atoms. The van der Waals surface area contributed by atoms with Gasteiger partial charge >= 0.3 is 0 Å². The molecule has 14 heteroatoms. The van der Waals surface area contributed by atoms with Crippen LogP contribution in [-0.4, -0.2) is 71.5 Å². The van der Waals surface area contributed by atoms with Gasteiger partial charge in [-0.2, -0.15) is 0 Å². The van der Waals surface area contributed by atoms with Gasteiger partial charge in [0.1, 0.15) is 17.6 Å². The number of nitrogens with one attached hydrogen (secondary N) is 2. The number of hydrogen-bond donors (Lipinski definition) is 2. The number of amides is 2. The fourth-order valence-corrected chi connectivity index (χ4v) is 8.31. The second kappa shape index (κ2) is 14.4. The van der Waals surface area contributed by atoms with Crippen LogP contribution < -0.4 is 25.8 Å². The highest BCUT2D eigenvalue weighted by molar-refractivity contribution is 6.32. The molecule has 2 unspecified atom stereocenters. The van der Waals surface area contributed by atoms with Gasteiger partial charge in [-0.15, -0.1) is 0 Å². The molecule has 0 bridgehead atoms. The number of nitrogens with zero attached hydrogens (tertiary/aromatic N) is 4. The summed E-state index contributed by atoms with van der Waals surface area (Å²) < 4.78 is 54.2. The van der Waals surface area contributed by atoms with E-state index < -0.39 is 36.2 Å². The van der Waals surface area contributed by atoms with Gasteiger partial charge in [-0.1, -0.05) is 11.6 Å². The van der Waals surface area contributed by atoms with Crippen LogP contribution in [0.15, 0.2) is 59.8 Å². The van der Waals surface area contributed by atoms with Crippen molar-refractivity contribution in [1.29, 1.82) is 0 Å². The standard InChI is InChI=1S/C38H40ClF3N6O4/c1-46-19-27(25-7-11-43-18-26(25)37(46)51)23-15-30(39)28(34(16-23)52-2)20-47-12-10-29(38(41,42)21-47)22-8-13-48(14-9-22)33-5-3-24(17-31(33)40)44-32-4-6-35(49)45-36(32)50/h3,5,7,11,15-19,22,29,32,44H,4,6,8-10,12-14,20-21H2,1-2H3,(H,45,49,50). The van der Waals surface area contributed by atoms with E-state index in [0.29, 0.717) is 78.4 Å². The number of carbonyl (C=O) groups excluding carboxylic acids is 2. The summed E-state index contributed by atoms with van der Waals surface area (Å²) in [4.78, 5) is 43.9. The van der Waals surface area contributed by atoms with Gasteiger partial charge < -0.3 is 19.5 Å². The maximum atomic E-state index is 15.9. The Kier molecular flexibility index (Phi) is 9.92. The third kappa shape index (κ3) is 7.08. The van der Waals surface area contributed by atoms with E-state index in [0.717, 1.165) is 16.5 Å². The van der Waals surface area contributed by atoms with Crippen molar-refractivity contribution in [3.63, 3.8) is 0 Å². The van der Waals surface area contributed by atoms with E-state index in [9.17, 15) is 14.4 Å². The fourth-order valence-electron chi connectivity index (χ4n) is 8.04. The maximum Gasteiger partial charge on any atom is 0.263 e. The fraction of sp³-hybridized carbons (Fsp3) is 0.421. The lowest BCUT2D eigenvalue weighted by molar-refractivity contribution is -0.134. The average molecular weight is 737 g/mol. The number of piperidine rings is 3. The van der Waals surface area contributed by atoms with Crippen LogP contribution in [0.5, 0.6) is 5.75 Å². The number of rotatable bonds is 8. The number of anilines is 2. The van der Waals surface area contributed by atoms with Crippen LogP contribution in [0.1, 0.15) is 37.7 Å². The number of aryl methyl sites for hydroxylation is 1. The molecular weight excluding hydrogens is 697 g/mol. The number of pyridine rings is 2. The topological polar surface area (TPSA) is 109 Å². The van der Waals surface area contributed by atoms with Crippen molar-refractivity contribution in [2.45, 2.75) is 50.6 Å². The molecule has 274 valence electrons. The summed E-state index contributed by atoms with van der Waals surface area (Å²) in [6, 6.07) is 9.42. The zero-order valence-corrected chi connectivity index (χ0v) is 29.7. The molecule has 2 N–H and O–H groups in total. The molecule has 3 saturated heterocycles. The van der Waals surface area contributed by atoms with Crippen LogP contribution in [0.25, 0.3) is 21.9 Å². The van der Waals surface area contributed by atoms with Crippen molar-refractivity contribution in [3.05, 3.63) is 81.7 Å². The predicted octanol–water partition coefficient (Wildman–Crippen LogP) is 5.99. The smallest absolute Gasteiger partial charge is 0.263 e. The molecular formula is C38H40ClF3N6O4. The van der Waals surface area contributed by atoms with E-state index >= 15 is 13.2 Å². The van der Waals surface area contributed by atoms with Gasteiger partial charge in [-0.3, -0.25) is 29.6 Å². The Morgan fingerprint density at radius 1 is 1.04 bits per heavy atom. The first-order valence-corrected chi connectivity index (χ1v) is 17.8. The Hall–Kier alpha value is -4.62. The Bertz CT molecular complexity index is 2090. The van der Waals surface area contributed by atoms with Gasteiger partial charge in [0.05, 0.1) is 24.7 Å². The molecule has 3 aliphatic heterocycles. The zero-order chi connectivity index (χ0) is 36.7. The molecule has 2 atom stereocenters. The van der Waals surface area contributed by atoms with Crippen molar-refractivity contribution in [1.82, 2.24) is 19.8 Å². The van der Waals surface area contributed by atoms with E-state index in [4.69, 9.17) is 16.3 Å². The van der Waals surface area contributed by atoms with Gasteiger partial charge in [0.2, 0.25) is 11.8 Å². The number of aromatic nitrogens is 2. The minimum atomic E-state index is -2.93. The first-order chi connectivity index (χ1) is 24.9. The SMILES string of the molecule is COc1cc(-c2cn(C)c(=O)c3cnccc23)cc(Cl)c1CN1CCC(C2CCN(c3ccc(NC4CCC(=O)NC4=O)cc3F)CC2)C(F)(F)C1. The number of methoxy groups -OCH3 is 1. The van der Waals surface area contributed by atoms with Crippen LogP contribution in [0.4, 0.5) is 24.5 Å². The molecule has 2 amide bonds. The molecule has 7 rings (SSSR count). The summed E-state index contributed by atoms with van der Waals surface area (Å²) in [6.45, 7) is 1.16. The van der Waals surface area contributed by atoms with E-state index in [1.54, 1.807) is 48.6 Å². The second-order valence-corrected chi connectivity index (χ2v) is 14.4. The average Bonchev–Trinajstić information content (AvgIpc) is 3.12. The van der Waals surface area contributed by atoms with Gasteiger partial charge in [0, 0.05) is 79.4 Å². The number of likely N-dealkylation sites (tertiary alicyclic amines) is 1. The monoisotopic (exact) mass is 736 g/mol. The second-order valence-electron chi connectivity index (χ2n) is 14.0. The number of fused-ring (bicyclic) bond motifs is 1. The Labute approximate surface area is 303 Å². The molecule has 2 aromatic carbocycles. The third-order valence-electron chi connectivity index (χ3n) is 10.8. The number of alkyl halides is 2. The van der Waals surface area contributed by atoms with Crippen LogP contribution >= 0.6 is 11.6 Å². The number of ether oxygens (including phenoxy) is 1. The van der Waals surface area contributed by atoms with Crippen molar-refractivity contribution in [2.24, 2.45) is 18.9 Å². The van der Waals surface area contributed by atoms with Gasteiger partial charge in [0.25, 0.3) is 11.5 Å². The van der Waals surface area contributed by atoms with Gasteiger partial charge in [-0.05, 0) is 85.5 Å². The predicted molar refractivity (Wildman–Crippen MR) is 193 cm³/mol. The van der Waals surface area contributed by atoms with E-state index in [-0.39, 0.29) is 30.3 Å². The molecule has 3 aliphatic rings. The lowest BCUT2D eigenvalue weighted by Crippen LogP contribution is -2.52. The van der Waals surface area contributed by atoms with Crippen LogP contribution in [0, 0.1) is 17.7 Å². The number of imide groups is 1. The molecule has 52 heavy (non-hydrogen) atoms. The van der Waals surface area contributed by atoms with Crippen LogP contribution in [-0.2, 0) is 23.2 Å². The summed E-state index contributed by atoms with van der Waals surface area (Å²) in [5, 5.41) is 6.85. The summed E-state index contributed by atoms with van der Waals surface area (Å²) in [7, 11) is 3.19. The Morgan fingerprint density at radius 2 is 1.83 bits per heavy atom. The highest BCUT2D eigenvalue weighted by Crippen LogP contribution is 2.44. The van der Waals surface area contributed by atoms with Crippen LogP contribution in [0.2, 0.25) is 5.02 Å². The minimum absolute atomic E-state index is 0.168. The Morgan fingerprint density at radius 3 is 2.54 bits per heavy atom. The molecule has 5 heterocycles. The summed E-state index contributed by atoms with van der Waals surface area (Å²) in [6.07, 6.45) is 6.80. The van der Waals surface area contributed by atoms with Crippen molar-refractivity contribution < 1.29 is 27.5 Å². The van der Waals surface area contributed by atoms with E-state index in [1.165, 1.54) is 23.9 Å². The number of halogens is 4. The summed E-state index contributed by atoms with van der Waals surface area (Å²) >= 11 is 6.83. The first-order valence-electron chi connectivity index (χ1n) is 17.5. The maximum absolute atomic E-state index is 15.9. The number of carbonyl (C=O) groups is 2. The molecule has 0 aliphatic carbocycles.